The molecule has 1 aromatic rings. The van der Waals surface area contributed by atoms with Crippen molar-refractivity contribution in [2.75, 3.05) is 7.11 Å². The standard InChI is InChI=1S/C21H28N2O8/c1-21(2,3)31-20(25)22-17-11-9-16(30-19(17)28-4)10-12-18(24)29-13-14-5-7-15(8-6-14)23(26)27/h5-9,17,19H,10-13H2,1-4H3,(H,22,25). The van der Waals surface area contributed by atoms with Crippen LogP contribution in [0.5, 0.6) is 0 Å². The summed E-state index contributed by atoms with van der Waals surface area (Å²) in [6, 6.07) is 5.38. The van der Waals surface area contributed by atoms with Gasteiger partial charge >= 0.3 is 12.1 Å². The van der Waals surface area contributed by atoms with E-state index < -0.39 is 34.9 Å². The van der Waals surface area contributed by atoms with E-state index in [0.29, 0.717) is 24.2 Å². The molecule has 1 aliphatic heterocycles. The Balaban J connectivity index is 1.78. The maximum atomic E-state index is 12.0. The minimum absolute atomic E-state index is 0.0244. The second-order valence-corrected chi connectivity index (χ2v) is 7.97. The molecule has 31 heavy (non-hydrogen) atoms. The molecule has 2 atom stereocenters. The van der Waals surface area contributed by atoms with Gasteiger partial charge in [0.25, 0.3) is 5.69 Å². The molecular formula is C21H28N2O8. The van der Waals surface area contributed by atoms with Crippen molar-refractivity contribution in [3.8, 4) is 0 Å². The third-order valence-electron chi connectivity index (χ3n) is 4.25. The van der Waals surface area contributed by atoms with Gasteiger partial charge in [0.15, 0.2) is 0 Å². The number of carbonyl (C=O) groups excluding carboxylic acids is 2. The van der Waals surface area contributed by atoms with E-state index in [1.54, 1.807) is 39.0 Å². The predicted molar refractivity (Wildman–Crippen MR) is 110 cm³/mol. The van der Waals surface area contributed by atoms with E-state index in [9.17, 15) is 19.7 Å². The van der Waals surface area contributed by atoms with Crippen molar-refractivity contribution >= 4 is 17.7 Å². The molecule has 0 saturated heterocycles. The molecule has 0 fully saturated rings. The number of rotatable bonds is 8. The monoisotopic (exact) mass is 436 g/mol. The number of methoxy groups -OCH3 is 1. The van der Waals surface area contributed by atoms with Crippen molar-refractivity contribution in [2.24, 2.45) is 0 Å². The quantitative estimate of drug-likeness (QED) is 0.372. The molecule has 0 aromatic heterocycles. The third kappa shape index (κ3) is 8.25. The maximum Gasteiger partial charge on any atom is 0.408 e. The van der Waals surface area contributed by atoms with E-state index in [1.807, 2.05) is 0 Å². The first-order valence-corrected chi connectivity index (χ1v) is 9.84. The first kappa shape index (κ1) is 24.1. The minimum atomic E-state index is -0.705. The number of nitrogens with zero attached hydrogens (tertiary/aromatic N) is 1. The Hall–Kier alpha value is -3.14. The largest absolute Gasteiger partial charge is 0.467 e. The molecule has 1 aliphatic rings. The molecule has 0 saturated carbocycles. The van der Waals surface area contributed by atoms with Crippen LogP contribution >= 0.6 is 0 Å². The van der Waals surface area contributed by atoms with E-state index in [1.165, 1.54) is 19.2 Å². The van der Waals surface area contributed by atoms with E-state index in [-0.39, 0.29) is 18.7 Å². The number of esters is 1. The Morgan fingerprint density at radius 2 is 1.94 bits per heavy atom. The molecule has 10 nitrogen and oxygen atoms in total. The van der Waals surface area contributed by atoms with Crippen molar-refractivity contribution in [3.05, 3.63) is 51.8 Å². The Labute approximate surface area is 180 Å². The number of amides is 1. The fourth-order valence-corrected chi connectivity index (χ4v) is 2.78. The summed E-state index contributed by atoms with van der Waals surface area (Å²) in [6.45, 7) is 5.35. The Morgan fingerprint density at radius 1 is 1.26 bits per heavy atom. The normalized spacial score (nSPS) is 18.4. The van der Waals surface area contributed by atoms with E-state index in [4.69, 9.17) is 18.9 Å². The van der Waals surface area contributed by atoms with Gasteiger partial charge < -0.3 is 24.3 Å². The summed E-state index contributed by atoms with van der Waals surface area (Å²) in [5, 5.41) is 13.4. The highest BCUT2D eigenvalue weighted by Crippen LogP contribution is 2.22. The zero-order chi connectivity index (χ0) is 23.0. The van der Waals surface area contributed by atoms with Gasteiger partial charge in [0.1, 0.15) is 12.2 Å². The summed E-state index contributed by atoms with van der Waals surface area (Å²) in [7, 11) is 1.47. The van der Waals surface area contributed by atoms with Gasteiger partial charge in [-0.2, -0.15) is 0 Å². The van der Waals surface area contributed by atoms with Crippen molar-refractivity contribution < 1.29 is 33.5 Å². The van der Waals surface area contributed by atoms with Crippen LogP contribution in [0.3, 0.4) is 0 Å². The lowest BCUT2D eigenvalue weighted by atomic mass is 10.1. The van der Waals surface area contributed by atoms with Crippen LogP contribution in [0.1, 0.15) is 45.6 Å². The third-order valence-corrected chi connectivity index (χ3v) is 4.25. The second kappa shape index (κ2) is 10.8. The van der Waals surface area contributed by atoms with Gasteiger partial charge in [0, 0.05) is 25.7 Å². The highest BCUT2D eigenvalue weighted by Gasteiger charge is 2.30. The lowest BCUT2D eigenvalue weighted by molar-refractivity contribution is -0.384. The van der Waals surface area contributed by atoms with Gasteiger partial charge in [-0.3, -0.25) is 14.9 Å². The van der Waals surface area contributed by atoms with Crippen molar-refractivity contribution in [1.29, 1.82) is 0 Å². The summed E-state index contributed by atoms with van der Waals surface area (Å²) >= 11 is 0. The first-order chi connectivity index (χ1) is 14.6. The predicted octanol–water partition coefficient (Wildman–Crippen LogP) is 3.59. The van der Waals surface area contributed by atoms with Gasteiger partial charge in [-0.15, -0.1) is 0 Å². The molecule has 2 rings (SSSR count). The number of carbonyl (C=O) groups is 2. The smallest absolute Gasteiger partial charge is 0.408 e. The maximum absolute atomic E-state index is 12.0. The van der Waals surface area contributed by atoms with Gasteiger partial charge in [-0.05, 0) is 51.0 Å². The number of alkyl carbamates (subject to hydrolysis) is 1. The summed E-state index contributed by atoms with van der Waals surface area (Å²) in [5.74, 6) is 0.146. The summed E-state index contributed by atoms with van der Waals surface area (Å²) in [4.78, 5) is 34.1. The van der Waals surface area contributed by atoms with Gasteiger partial charge in [-0.1, -0.05) is 0 Å². The molecular weight excluding hydrogens is 408 g/mol. The number of allylic oxidation sites excluding steroid dienone is 1. The van der Waals surface area contributed by atoms with Crippen LogP contribution < -0.4 is 5.32 Å². The molecule has 0 bridgehead atoms. The number of hydrogen-bond donors (Lipinski definition) is 1. The topological polar surface area (TPSA) is 126 Å². The fraction of sp³-hybridized carbons (Fsp3) is 0.524. The Kier molecular flexibility index (Phi) is 8.38. The molecule has 1 N–H and O–H groups in total. The summed E-state index contributed by atoms with van der Waals surface area (Å²) in [6.07, 6.45) is 1.40. The van der Waals surface area contributed by atoms with Gasteiger partial charge in [0.05, 0.1) is 23.1 Å². The molecule has 0 radical (unpaired) electrons. The van der Waals surface area contributed by atoms with Gasteiger partial charge in [-0.25, -0.2) is 4.79 Å². The lowest BCUT2D eigenvalue weighted by Crippen LogP contribution is -2.48. The molecule has 0 spiro atoms. The number of ether oxygens (including phenoxy) is 4. The zero-order valence-electron chi connectivity index (χ0n) is 18.1. The number of benzene rings is 1. The van der Waals surface area contributed by atoms with Crippen molar-refractivity contribution in [3.63, 3.8) is 0 Å². The molecule has 170 valence electrons. The number of non-ortho nitro benzene ring substituents is 1. The molecule has 1 aromatic carbocycles. The molecule has 2 unspecified atom stereocenters. The first-order valence-electron chi connectivity index (χ1n) is 9.84. The summed E-state index contributed by atoms with van der Waals surface area (Å²) in [5.41, 5.74) is 0.0177. The van der Waals surface area contributed by atoms with Crippen LogP contribution in [-0.4, -0.2) is 42.0 Å². The molecule has 10 heteroatoms. The minimum Gasteiger partial charge on any atom is -0.467 e. The average molecular weight is 436 g/mol. The Morgan fingerprint density at radius 3 is 2.52 bits per heavy atom. The second-order valence-electron chi connectivity index (χ2n) is 7.97. The van der Waals surface area contributed by atoms with Crippen LogP contribution in [-0.2, 0) is 30.3 Å². The van der Waals surface area contributed by atoms with Gasteiger partial charge in [0.2, 0.25) is 6.29 Å². The molecule has 1 amide bonds. The van der Waals surface area contributed by atoms with Crippen LogP contribution in [0.25, 0.3) is 0 Å². The molecule has 0 aliphatic carbocycles. The number of nitro benzene ring substituents is 1. The number of nitrogens with one attached hydrogen (secondary N) is 1. The number of nitro groups is 1. The van der Waals surface area contributed by atoms with Crippen LogP contribution in [0.2, 0.25) is 0 Å². The van der Waals surface area contributed by atoms with Crippen molar-refractivity contribution in [1.82, 2.24) is 5.32 Å². The van der Waals surface area contributed by atoms with E-state index in [2.05, 4.69) is 5.32 Å². The van der Waals surface area contributed by atoms with Crippen LogP contribution in [0.4, 0.5) is 10.5 Å². The Bertz CT molecular complexity index is 814. The lowest BCUT2D eigenvalue weighted by Gasteiger charge is -2.32. The number of hydrogen-bond acceptors (Lipinski definition) is 8. The average Bonchev–Trinajstić information content (AvgIpc) is 2.70. The van der Waals surface area contributed by atoms with Crippen molar-refractivity contribution in [2.45, 2.75) is 64.6 Å². The SMILES string of the molecule is COC1OC(CCC(=O)OCc2ccc([N+](=O)[O-])cc2)=CCC1NC(=O)OC(C)(C)C. The molecule has 1 heterocycles. The van der Waals surface area contributed by atoms with E-state index >= 15 is 0 Å². The zero-order valence-corrected chi connectivity index (χ0v) is 18.1. The summed E-state index contributed by atoms with van der Waals surface area (Å²) < 4.78 is 21.5. The van der Waals surface area contributed by atoms with E-state index in [0.717, 1.165) is 0 Å². The van der Waals surface area contributed by atoms with Crippen LogP contribution in [0, 0.1) is 10.1 Å². The highest BCUT2D eigenvalue weighted by atomic mass is 16.7. The van der Waals surface area contributed by atoms with Crippen LogP contribution in [0.15, 0.2) is 36.1 Å². The fourth-order valence-electron chi connectivity index (χ4n) is 2.78. The highest BCUT2D eigenvalue weighted by molar-refractivity contribution is 5.69.